The first kappa shape index (κ1) is 31.1. The highest BCUT2D eigenvalue weighted by molar-refractivity contribution is 6.14. The zero-order valence-electron chi connectivity index (χ0n) is 29.1. The summed E-state index contributed by atoms with van der Waals surface area (Å²) in [6.07, 6.45) is 0. The lowest BCUT2D eigenvalue weighted by atomic mass is 9.98. The summed E-state index contributed by atoms with van der Waals surface area (Å²) in [5.74, 6) is 0. The Morgan fingerprint density at radius 1 is 0.315 bits per heavy atom. The standard InChI is InChI=1S/C50H30N4/c51-31-39-15-10-16-40(32-52)50(39)54-48-25-20-36(34-13-6-2-7-14-34)28-44(48)45-30-38(22-26-49(45)54)37-21-24-47-43(29-37)42-27-35(33-11-4-1-5-12-33)19-23-46(42)53(47)41-17-8-3-9-18-41/h1-30H. The molecule has 8 aromatic carbocycles. The highest BCUT2D eigenvalue weighted by atomic mass is 15.0. The molecule has 4 nitrogen and oxygen atoms in total. The quantitative estimate of drug-likeness (QED) is 0.181. The van der Waals surface area contributed by atoms with Crippen molar-refractivity contribution in [2.24, 2.45) is 0 Å². The van der Waals surface area contributed by atoms with Crippen molar-refractivity contribution in [3.63, 3.8) is 0 Å². The number of benzene rings is 8. The third kappa shape index (κ3) is 4.90. The van der Waals surface area contributed by atoms with Crippen LogP contribution in [-0.2, 0) is 0 Å². The van der Waals surface area contributed by atoms with E-state index < -0.39 is 0 Å². The topological polar surface area (TPSA) is 57.4 Å². The third-order valence-corrected chi connectivity index (χ3v) is 10.6. The van der Waals surface area contributed by atoms with Crippen LogP contribution in [0, 0.1) is 22.7 Å². The molecule has 0 fully saturated rings. The van der Waals surface area contributed by atoms with Gasteiger partial charge in [0, 0.05) is 27.2 Å². The lowest BCUT2D eigenvalue weighted by Crippen LogP contribution is -2.01. The minimum Gasteiger partial charge on any atom is -0.309 e. The van der Waals surface area contributed by atoms with Gasteiger partial charge in [-0.05, 0) is 106 Å². The van der Waals surface area contributed by atoms with Gasteiger partial charge >= 0.3 is 0 Å². The summed E-state index contributed by atoms with van der Waals surface area (Å²) in [6, 6.07) is 68.1. The number of para-hydroxylation sites is 2. The molecule has 0 N–H and O–H groups in total. The highest BCUT2D eigenvalue weighted by Crippen LogP contribution is 2.41. The zero-order chi connectivity index (χ0) is 36.2. The van der Waals surface area contributed by atoms with Crippen LogP contribution in [-0.4, -0.2) is 9.13 Å². The van der Waals surface area contributed by atoms with Crippen molar-refractivity contribution >= 4 is 43.6 Å². The molecule has 250 valence electrons. The number of rotatable bonds is 5. The monoisotopic (exact) mass is 686 g/mol. The fourth-order valence-electron chi connectivity index (χ4n) is 8.09. The SMILES string of the molecule is N#Cc1cccc(C#N)c1-n1c2ccc(-c3ccccc3)cc2c2cc(-c3ccc4c(c3)c3cc(-c5ccccc5)ccc3n4-c3ccccc3)ccc21. The van der Waals surface area contributed by atoms with Crippen molar-refractivity contribution in [1.29, 1.82) is 10.5 Å². The summed E-state index contributed by atoms with van der Waals surface area (Å²) < 4.78 is 4.44. The van der Waals surface area contributed by atoms with Crippen molar-refractivity contribution in [3.05, 3.63) is 193 Å². The molecule has 54 heavy (non-hydrogen) atoms. The first-order valence-corrected chi connectivity index (χ1v) is 18.0. The van der Waals surface area contributed by atoms with Gasteiger partial charge in [0.1, 0.15) is 12.1 Å². The van der Waals surface area contributed by atoms with E-state index in [4.69, 9.17) is 0 Å². The molecule has 0 aliphatic heterocycles. The number of hydrogen-bond donors (Lipinski definition) is 0. The van der Waals surface area contributed by atoms with Crippen LogP contribution in [0.15, 0.2) is 182 Å². The van der Waals surface area contributed by atoms with E-state index in [1.807, 2.05) is 6.07 Å². The molecule has 2 heterocycles. The van der Waals surface area contributed by atoms with Crippen molar-refractivity contribution in [2.45, 2.75) is 0 Å². The number of nitrogens with zero attached hydrogens (tertiary/aromatic N) is 4. The van der Waals surface area contributed by atoms with Crippen LogP contribution in [0.4, 0.5) is 0 Å². The average Bonchev–Trinajstić information content (AvgIpc) is 3.75. The predicted octanol–water partition coefficient (Wildman–Crippen LogP) is 12.6. The largest absolute Gasteiger partial charge is 0.309 e. The van der Waals surface area contributed by atoms with E-state index in [0.29, 0.717) is 16.8 Å². The average molecular weight is 687 g/mol. The summed E-state index contributed by atoms with van der Waals surface area (Å²) in [7, 11) is 0. The normalized spacial score (nSPS) is 11.3. The van der Waals surface area contributed by atoms with Gasteiger partial charge in [-0.25, -0.2) is 0 Å². The molecule has 4 heteroatoms. The van der Waals surface area contributed by atoms with E-state index >= 15 is 0 Å². The fourth-order valence-corrected chi connectivity index (χ4v) is 8.09. The molecule has 10 aromatic rings. The smallest absolute Gasteiger partial charge is 0.101 e. The van der Waals surface area contributed by atoms with Crippen molar-refractivity contribution < 1.29 is 0 Å². The molecule has 0 aliphatic rings. The number of aromatic nitrogens is 2. The van der Waals surface area contributed by atoms with Gasteiger partial charge in [0.25, 0.3) is 0 Å². The molecule has 0 aliphatic carbocycles. The molecule has 0 saturated heterocycles. The molecule has 0 bridgehead atoms. The van der Waals surface area contributed by atoms with Gasteiger partial charge in [0.2, 0.25) is 0 Å². The van der Waals surface area contributed by atoms with Crippen molar-refractivity contribution in [1.82, 2.24) is 9.13 Å². The Morgan fingerprint density at radius 2 is 0.667 bits per heavy atom. The van der Waals surface area contributed by atoms with Crippen LogP contribution in [0.25, 0.3) is 88.4 Å². The zero-order valence-corrected chi connectivity index (χ0v) is 29.1. The molecular formula is C50H30N4. The molecular weight excluding hydrogens is 657 g/mol. The van der Waals surface area contributed by atoms with Gasteiger partial charge in [0.05, 0.1) is 38.9 Å². The van der Waals surface area contributed by atoms with E-state index in [1.165, 1.54) is 21.9 Å². The number of fused-ring (bicyclic) bond motifs is 6. The maximum absolute atomic E-state index is 10.2. The molecule has 0 saturated carbocycles. The van der Waals surface area contributed by atoms with Crippen molar-refractivity contribution in [3.8, 4) is 56.9 Å². The summed E-state index contributed by atoms with van der Waals surface area (Å²) >= 11 is 0. The Kier molecular flexibility index (Phi) is 7.22. The molecule has 0 spiro atoms. The molecule has 0 atom stereocenters. The van der Waals surface area contributed by atoms with Gasteiger partial charge in [-0.2, -0.15) is 10.5 Å². The predicted molar refractivity (Wildman–Crippen MR) is 221 cm³/mol. The Labute approximate surface area is 312 Å². The Balaban J connectivity index is 1.23. The summed E-state index contributed by atoms with van der Waals surface area (Å²) in [6.45, 7) is 0. The minimum atomic E-state index is 0.458. The molecule has 0 amide bonds. The lowest BCUT2D eigenvalue weighted by Gasteiger charge is -2.12. The van der Waals surface area contributed by atoms with E-state index in [1.54, 1.807) is 18.2 Å². The number of nitriles is 2. The summed E-state index contributed by atoms with van der Waals surface area (Å²) in [4.78, 5) is 0. The number of hydrogen-bond acceptors (Lipinski definition) is 2. The maximum Gasteiger partial charge on any atom is 0.101 e. The summed E-state index contributed by atoms with van der Waals surface area (Å²) in [5.41, 5.74) is 13.6. The van der Waals surface area contributed by atoms with Gasteiger partial charge in [-0.1, -0.05) is 109 Å². The first-order valence-electron chi connectivity index (χ1n) is 18.0. The second-order valence-corrected chi connectivity index (χ2v) is 13.6. The lowest BCUT2D eigenvalue weighted by molar-refractivity contribution is 1.15. The van der Waals surface area contributed by atoms with Crippen LogP contribution in [0.1, 0.15) is 11.1 Å². The van der Waals surface area contributed by atoms with E-state index in [0.717, 1.165) is 60.8 Å². The van der Waals surface area contributed by atoms with E-state index in [2.05, 4.69) is 179 Å². The molecule has 2 aromatic heterocycles. The van der Waals surface area contributed by atoms with Gasteiger partial charge in [-0.3, -0.25) is 0 Å². The van der Waals surface area contributed by atoms with E-state index in [9.17, 15) is 10.5 Å². The van der Waals surface area contributed by atoms with Crippen LogP contribution < -0.4 is 0 Å². The second-order valence-electron chi connectivity index (χ2n) is 13.6. The summed E-state index contributed by atoms with van der Waals surface area (Å²) in [5, 5.41) is 24.9. The van der Waals surface area contributed by atoms with Crippen LogP contribution in [0.2, 0.25) is 0 Å². The van der Waals surface area contributed by atoms with Crippen LogP contribution in [0.5, 0.6) is 0 Å². The molecule has 0 radical (unpaired) electrons. The first-order chi connectivity index (χ1) is 26.7. The van der Waals surface area contributed by atoms with E-state index in [-0.39, 0.29) is 0 Å². The van der Waals surface area contributed by atoms with Crippen LogP contribution >= 0.6 is 0 Å². The van der Waals surface area contributed by atoms with Gasteiger partial charge in [-0.15, -0.1) is 0 Å². The maximum atomic E-state index is 10.2. The Hall–Kier alpha value is -7.66. The Morgan fingerprint density at radius 3 is 1.06 bits per heavy atom. The molecule has 10 rings (SSSR count). The second kappa shape index (κ2) is 12.5. The van der Waals surface area contributed by atoms with Crippen molar-refractivity contribution in [2.75, 3.05) is 0 Å². The van der Waals surface area contributed by atoms with Gasteiger partial charge in [0.15, 0.2) is 0 Å². The molecule has 0 unspecified atom stereocenters. The van der Waals surface area contributed by atoms with Gasteiger partial charge < -0.3 is 9.13 Å². The fraction of sp³-hybridized carbons (Fsp3) is 0. The highest BCUT2D eigenvalue weighted by Gasteiger charge is 2.20. The Bertz CT molecular complexity index is 3120. The third-order valence-electron chi connectivity index (χ3n) is 10.6. The minimum absolute atomic E-state index is 0.458. The van der Waals surface area contributed by atoms with Crippen LogP contribution in [0.3, 0.4) is 0 Å².